The maximum atomic E-state index is 13.9. The van der Waals surface area contributed by atoms with Gasteiger partial charge in [0.25, 0.3) is 11.8 Å². The highest BCUT2D eigenvalue weighted by atomic mass is 19.1. The third kappa shape index (κ3) is 10.9. The minimum absolute atomic E-state index is 0.0337. The second-order valence-corrected chi connectivity index (χ2v) is 10.1. The zero-order valence-electron chi connectivity index (χ0n) is 24.3. The molecule has 2 aromatic carbocycles. The monoisotopic (exact) mass is 569 g/mol. The van der Waals surface area contributed by atoms with Gasteiger partial charge in [0.1, 0.15) is 17.5 Å². The molecule has 0 spiro atoms. The second-order valence-electron chi connectivity index (χ2n) is 10.1. The van der Waals surface area contributed by atoms with Crippen molar-refractivity contribution in [3.63, 3.8) is 0 Å². The molecule has 222 valence electrons. The van der Waals surface area contributed by atoms with Crippen molar-refractivity contribution < 1.29 is 23.5 Å². The van der Waals surface area contributed by atoms with Crippen molar-refractivity contribution in [2.75, 3.05) is 19.6 Å². The third-order valence-electron chi connectivity index (χ3n) is 6.46. The van der Waals surface area contributed by atoms with Crippen molar-refractivity contribution in [3.05, 3.63) is 70.3 Å². The van der Waals surface area contributed by atoms with E-state index < -0.39 is 29.7 Å². The van der Waals surface area contributed by atoms with Crippen LogP contribution in [0.5, 0.6) is 0 Å². The van der Waals surface area contributed by atoms with Crippen molar-refractivity contribution in [1.82, 2.24) is 15.5 Å². The van der Waals surface area contributed by atoms with Crippen molar-refractivity contribution in [3.8, 4) is 6.19 Å². The van der Waals surface area contributed by atoms with Gasteiger partial charge in [-0.25, -0.2) is 8.78 Å². The summed E-state index contributed by atoms with van der Waals surface area (Å²) in [7, 11) is 0. The highest BCUT2D eigenvalue weighted by Gasteiger charge is 2.24. The van der Waals surface area contributed by atoms with E-state index in [0.717, 1.165) is 43.0 Å². The van der Waals surface area contributed by atoms with Crippen LogP contribution in [0.15, 0.2) is 41.4 Å². The Kier molecular flexibility index (Phi) is 13.9. The smallest absolute Gasteiger partial charge is 0.253 e. The minimum atomic E-state index is -1.10. The van der Waals surface area contributed by atoms with Crippen LogP contribution in [0, 0.1) is 30.0 Å². The molecule has 0 radical (unpaired) electrons. The third-order valence-corrected chi connectivity index (χ3v) is 6.46. The summed E-state index contributed by atoms with van der Waals surface area (Å²) >= 11 is 0. The molecule has 2 amide bonds. The molecule has 0 fully saturated rings. The number of halogens is 2. The Labute approximate surface area is 241 Å². The van der Waals surface area contributed by atoms with Crippen LogP contribution < -0.4 is 10.6 Å². The van der Waals surface area contributed by atoms with Gasteiger partial charge in [-0.05, 0) is 80.5 Å². The summed E-state index contributed by atoms with van der Waals surface area (Å²) in [5, 5.41) is 25.8. The van der Waals surface area contributed by atoms with Crippen molar-refractivity contribution in [1.29, 1.82) is 5.26 Å². The van der Waals surface area contributed by atoms with Gasteiger partial charge in [-0.3, -0.25) is 9.59 Å². The average molecular weight is 570 g/mol. The molecule has 0 heterocycles. The van der Waals surface area contributed by atoms with Crippen LogP contribution >= 0.6 is 0 Å². The number of aryl methyl sites for hydroxylation is 1. The largest absolute Gasteiger partial charge is 0.391 e. The summed E-state index contributed by atoms with van der Waals surface area (Å²) in [6.45, 7) is 9.21. The molecular formula is C31H41F2N5O3. The number of aliphatic hydroxyl groups is 1. The average Bonchev–Trinajstić information content (AvgIpc) is 2.91. The number of carbonyl (C=O) groups excluding carboxylic acids is 2. The van der Waals surface area contributed by atoms with Gasteiger partial charge in [0.15, 0.2) is 0 Å². The molecule has 0 aliphatic carbocycles. The Bertz CT molecular complexity index is 1220. The summed E-state index contributed by atoms with van der Waals surface area (Å²) in [6, 6.07) is 7.10. The van der Waals surface area contributed by atoms with E-state index in [4.69, 9.17) is 5.26 Å². The van der Waals surface area contributed by atoms with Gasteiger partial charge in [-0.1, -0.05) is 20.8 Å². The number of aliphatic imine (C=N–C) groups is 1. The first kappa shape index (κ1) is 33.4. The van der Waals surface area contributed by atoms with E-state index in [1.165, 1.54) is 6.07 Å². The molecule has 3 N–H and O–H groups in total. The lowest BCUT2D eigenvalue weighted by atomic mass is 9.97. The second kappa shape index (κ2) is 17.1. The first-order chi connectivity index (χ1) is 19.6. The Balaban J connectivity index is 2.29. The van der Waals surface area contributed by atoms with Gasteiger partial charge in [0, 0.05) is 43.2 Å². The molecule has 0 aliphatic heterocycles. The van der Waals surface area contributed by atoms with Gasteiger partial charge in [0.05, 0.1) is 12.1 Å². The van der Waals surface area contributed by atoms with Crippen LogP contribution in [0.3, 0.4) is 0 Å². The maximum absolute atomic E-state index is 13.9. The van der Waals surface area contributed by atoms with Crippen molar-refractivity contribution >= 4 is 17.6 Å². The van der Waals surface area contributed by atoms with Crippen LogP contribution in [0.2, 0.25) is 0 Å². The van der Waals surface area contributed by atoms with E-state index in [0.29, 0.717) is 30.9 Å². The van der Waals surface area contributed by atoms with E-state index in [2.05, 4.69) is 15.6 Å². The lowest BCUT2D eigenvalue weighted by Crippen LogP contribution is -2.46. The minimum Gasteiger partial charge on any atom is -0.391 e. The number of amides is 2. The molecule has 0 bridgehead atoms. The number of rotatable bonds is 15. The highest BCUT2D eigenvalue weighted by molar-refractivity contribution is 6.00. The molecule has 0 unspecified atom stereocenters. The predicted octanol–water partition coefficient (Wildman–Crippen LogP) is 4.90. The summed E-state index contributed by atoms with van der Waals surface area (Å²) in [6.07, 6.45) is 3.73. The van der Waals surface area contributed by atoms with Crippen LogP contribution in [-0.4, -0.2) is 59.4 Å². The lowest BCUT2D eigenvalue weighted by Gasteiger charge is -2.25. The lowest BCUT2D eigenvalue weighted by molar-refractivity contribution is 0.0755. The number of nitrogens with one attached hydrogen (secondary N) is 2. The fourth-order valence-corrected chi connectivity index (χ4v) is 4.64. The predicted molar refractivity (Wildman–Crippen MR) is 156 cm³/mol. The molecule has 2 atom stereocenters. The fraction of sp³-hybridized carbons (Fsp3) is 0.484. The first-order valence-electron chi connectivity index (χ1n) is 14.2. The van der Waals surface area contributed by atoms with Gasteiger partial charge in [-0.15, -0.1) is 0 Å². The zero-order chi connectivity index (χ0) is 30.4. The first-order valence-corrected chi connectivity index (χ1v) is 14.2. The SMILES string of the molecule is CCC/C(=N/C#N)NCC[C@H](O)[C@H](Cc1cc(F)cc(F)c1)NC(=O)c1cc(C)cc(C(=O)N(CCC)CCC)c1. The van der Waals surface area contributed by atoms with E-state index in [9.17, 15) is 23.5 Å². The topological polar surface area (TPSA) is 118 Å². The zero-order valence-corrected chi connectivity index (χ0v) is 24.3. The molecule has 2 rings (SSSR count). The summed E-state index contributed by atoms with van der Waals surface area (Å²) in [4.78, 5) is 32.1. The molecule has 0 saturated heterocycles. The van der Waals surface area contributed by atoms with Gasteiger partial charge in [0.2, 0.25) is 6.19 Å². The number of hydrogen-bond acceptors (Lipinski definition) is 5. The Morgan fingerprint density at radius 1 is 1.00 bits per heavy atom. The number of nitriles is 1. The Morgan fingerprint density at radius 3 is 2.22 bits per heavy atom. The molecule has 2 aromatic rings. The quantitative estimate of drug-likeness (QED) is 0.160. The van der Waals surface area contributed by atoms with Gasteiger partial charge >= 0.3 is 0 Å². The number of hydrogen-bond donors (Lipinski definition) is 3. The maximum Gasteiger partial charge on any atom is 0.253 e. The van der Waals surface area contributed by atoms with E-state index in [1.54, 1.807) is 30.1 Å². The molecule has 0 saturated carbocycles. The summed E-state index contributed by atoms with van der Waals surface area (Å²) < 4.78 is 27.8. The number of nitrogens with zero attached hydrogens (tertiary/aromatic N) is 3. The molecule has 0 aromatic heterocycles. The van der Waals surface area contributed by atoms with Gasteiger partial charge in [-0.2, -0.15) is 10.3 Å². The fourth-order valence-electron chi connectivity index (χ4n) is 4.64. The summed E-state index contributed by atoms with van der Waals surface area (Å²) in [5.74, 6) is -1.71. The van der Waals surface area contributed by atoms with E-state index in [1.807, 2.05) is 20.8 Å². The summed E-state index contributed by atoms with van der Waals surface area (Å²) in [5.41, 5.74) is 1.63. The Morgan fingerprint density at radius 2 is 1.63 bits per heavy atom. The van der Waals surface area contributed by atoms with Crippen molar-refractivity contribution in [2.45, 2.75) is 78.4 Å². The van der Waals surface area contributed by atoms with Crippen LogP contribution in [0.4, 0.5) is 8.78 Å². The molecule has 0 aliphatic rings. The number of carbonyl (C=O) groups is 2. The van der Waals surface area contributed by atoms with Gasteiger partial charge < -0.3 is 20.6 Å². The number of benzene rings is 2. The highest BCUT2D eigenvalue weighted by Crippen LogP contribution is 2.16. The van der Waals surface area contributed by atoms with Crippen LogP contribution in [0.1, 0.15) is 84.7 Å². The normalized spacial score (nSPS) is 12.8. The Hall–Kier alpha value is -3.84. The van der Waals surface area contributed by atoms with Crippen LogP contribution in [-0.2, 0) is 6.42 Å². The molecule has 41 heavy (non-hydrogen) atoms. The van der Waals surface area contributed by atoms with E-state index in [-0.39, 0.29) is 36.4 Å². The molecular weight excluding hydrogens is 528 g/mol. The molecule has 10 heteroatoms. The standard InChI is InChI=1S/C31H41F2N5O3/c1-5-8-29(36-20-34)35-10-9-28(39)27(17-22-15-25(32)19-26(33)16-22)37-30(40)23-13-21(4)14-24(18-23)31(41)38(11-6-2)12-7-3/h13-16,18-19,27-28,39H,5-12,17H2,1-4H3,(H,35,36)(H,37,40)/t27-,28-/m0/s1. The number of amidine groups is 1. The van der Waals surface area contributed by atoms with E-state index >= 15 is 0 Å². The molecule has 8 nitrogen and oxygen atoms in total. The van der Waals surface area contributed by atoms with Crippen LogP contribution in [0.25, 0.3) is 0 Å². The number of aliphatic hydroxyl groups excluding tert-OH is 1. The van der Waals surface area contributed by atoms with Crippen molar-refractivity contribution in [2.24, 2.45) is 4.99 Å².